The van der Waals surface area contributed by atoms with Gasteiger partial charge in [-0.2, -0.15) is 4.98 Å². The molecule has 0 saturated carbocycles. The lowest BCUT2D eigenvalue weighted by Crippen LogP contribution is -2.12. The number of benzene rings is 3. The zero-order valence-corrected chi connectivity index (χ0v) is 20.8. The van der Waals surface area contributed by atoms with Crippen molar-refractivity contribution in [2.45, 2.75) is 18.2 Å². The monoisotopic (exact) mass is 503 g/mol. The van der Waals surface area contributed by atoms with Crippen LogP contribution in [0.3, 0.4) is 0 Å². The molecule has 1 aromatic heterocycles. The fourth-order valence-electron chi connectivity index (χ4n) is 3.59. The molecule has 0 spiro atoms. The van der Waals surface area contributed by atoms with Crippen LogP contribution in [0.4, 0.5) is 17.5 Å². The van der Waals surface area contributed by atoms with Crippen molar-refractivity contribution in [3.63, 3.8) is 0 Å². The van der Waals surface area contributed by atoms with Gasteiger partial charge in [-0.1, -0.05) is 30.3 Å². The van der Waals surface area contributed by atoms with Gasteiger partial charge in [0.15, 0.2) is 0 Å². The maximum absolute atomic E-state index is 12.1. The first-order chi connectivity index (χ1) is 17.3. The minimum Gasteiger partial charge on any atom is -0.508 e. The normalized spacial score (nSPS) is 12.5. The van der Waals surface area contributed by atoms with Crippen LogP contribution in [-0.4, -0.2) is 38.3 Å². The summed E-state index contributed by atoms with van der Waals surface area (Å²) < 4.78 is 17.7. The first kappa shape index (κ1) is 25.0. The van der Waals surface area contributed by atoms with Gasteiger partial charge in [0.05, 0.1) is 16.3 Å². The summed E-state index contributed by atoms with van der Waals surface area (Å²) in [4.78, 5) is 9.65. The van der Waals surface area contributed by atoms with Crippen LogP contribution in [0.5, 0.6) is 11.5 Å². The van der Waals surface area contributed by atoms with Crippen LogP contribution < -0.4 is 20.5 Å². The Bertz CT molecular complexity index is 1420. The van der Waals surface area contributed by atoms with Gasteiger partial charge in [0.2, 0.25) is 5.95 Å². The molecule has 0 amide bonds. The second-order valence-corrected chi connectivity index (χ2v) is 10.1. The zero-order chi connectivity index (χ0) is 25.5. The fraction of sp³-hybridized carbons (Fsp3) is 0.148. The summed E-state index contributed by atoms with van der Waals surface area (Å²) in [6.07, 6.45) is 2.50. The molecule has 4 rings (SSSR count). The molecular weight excluding hydrogens is 474 g/mol. The minimum atomic E-state index is -2.84. The summed E-state index contributed by atoms with van der Waals surface area (Å²) in [5, 5.41) is 21.8. The van der Waals surface area contributed by atoms with Gasteiger partial charge in [0, 0.05) is 28.9 Å². The third-order valence-corrected chi connectivity index (χ3v) is 6.45. The van der Waals surface area contributed by atoms with Gasteiger partial charge in [0.1, 0.15) is 17.3 Å². The van der Waals surface area contributed by atoms with E-state index in [1.807, 2.05) is 49.4 Å². The molecule has 1 heterocycles. The van der Waals surface area contributed by atoms with Gasteiger partial charge >= 0.3 is 0 Å². The highest BCUT2D eigenvalue weighted by Gasteiger charge is 2.11. The van der Waals surface area contributed by atoms with Crippen molar-refractivity contribution in [1.82, 2.24) is 9.97 Å². The molecule has 0 saturated heterocycles. The lowest BCUT2D eigenvalue weighted by molar-refractivity contribution is 0.340. The smallest absolute Gasteiger partial charge is 0.229 e. The van der Waals surface area contributed by atoms with E-state index in [1.165, 1.54) is 0 Å². The molecule has 0 aliphatic heterocycles. The molecule has 9 heteroatoms. The third-order valence-electron chi connectivity index (χ3n) is 5.40. The lowest BCUT2D eigenvalue weighted by atomic mass is 10.1. The number of hydrogen-bond donors (Lipinski definition) is 4. The highest BCUT2D eigenvalue weighted by atomic mass is 32.2. The Kier molecular flexibility index (Phi) is 7.72. The number of hydrogen-bond acceptors (Lipinski definition) is 7. The SMILES string of the molecule is C=S(N)(=O)c1cccc(Nc2ncc(-c3ccc(OCC)cc3)c(NCCc3ccc(O)cc3)n2)c1. The number of aromatic nitrogens is 2. The van der Waals surface area contributed by atoms with E-state index in [2.05, 4.69) is 21.5 Å². The van der Waals surface area contributed by atoms with E-state index in [0.717, 1.165) is 28.9 Å². The Morgan fingerprint density at radius 1 is 1.08 bits per heavy atom. The molecule has 3 aromatic carbocycles. The van der Waals surface area contributed by atoms with Crippen LogP contribution in [0.2, 0.25) is 0 Å². The average Bonchev–Trinajstić information content (AvgIpc) is 2.86. The number of rotatable bonds is 10. The molecule has 0 fully saturated rings. The van der Waals surface area contributed by atoms with Gasteiger partial charge in [-0.15, -0.1) is 0 Å². The van der Waals surface area contributed by atoms with Gasteiger partial charge < -0.3 is 20.5 Å². The van der Waals surface area contributed by atoms with E-state index in [4.69, 9.17) is 14.9 Å². The molecule has 1 atom stereocenters. The number of anilines is 3. The molecule has 4 aromatic rings. The van der Waals surface area contributed by atoms with Crippen LogP contribution in [0.1, 0.15) is 12.5 Å². The Hall–Kier alpha value is -4.08. The maximum atomic E-state index is 12.1. The van der Waals surface area contributed by atoms with Gasteiger partial charge in [0.25, 0.3) is 0 Å². The van der Waals surface area contributed by atoms with Crippen molar-refractivity contribution in [3.8, 4) is 22.6 Å². The zero-order valence-electron chi connectivity index (χ0n) is 20.0. The highest BCUT2D eigenvalue weighted by molar-refractivity contribution is 7.98. The lowest BCUT2D eigenvalue weighted by Gasteiger charge is -2.14. The van der Waals surface area contributed by atoms with Crippen molar-refractivity contribution in [2.75, 3.05) is 23.8 Å². The van der Waals surface area contributed by atoms with Crippen molar-refractivity contribution in [1.29, 1.82) is 0 Å². The van der Waals surface area contributed by atoms with Gasteiger partial charge in [-0.25, -0.2) is 9.19 Å². The average molecular weight is 504 g/mol. The third kappa shape index (κ3) is 6.53. The van der Waals surface area contributed by atoms with Gasteiger partial charge in [-0.3, -0.25) is 5.14 Å². The van der Waals surface area contributed by atoms with Crippen LogP contribution in [0, 0.1) is 0 Å². The summed E-state index contributed by atoms with van der Waals surface area (Å²) in [7, 11) is -2.84. The molecule has 5 N–H and O–H groups in total. The maximum Gasteiger partial charge on any atom is 0.229 e. The van der Waals surface area contributed by atoms with E-state index < -0.39 is 9.71 Å². The van der Waals surface area contributed by atoms with Crippen molar-refractivity contribution in [2.24, 2.45) is 5.14 Å². The highest BCUT2D eigenvalue weighted by Crippen LogP contribution is 2.29. The largest absolute Gasteiger partial charge is 0.508 e. The molecule has 8 nitrogen and oxygen atoms in total. The summed E-state index contributed by atoms with van der Waals surface area (Å²) in [6.45, 7) is 3.17. The van der Waals surface area contributed by atoms with Crippen LogP contribution in [0.15, 0.2) is 83.9 Å². The van der Waals surface area contributed by atoms with E-state index in [-0.39, 0.29) is 5.75 Å². The van der Waals surface area contributed by atoms with Crippen LogP contribution in [-0.2, 0) is 16.1 Å². The second-order valence-electron chi connectivity index (χ2n) is 8.14. The molecule has 0 aliphatic rings. The number of phenolic OH excluding ortho intramolecular Hbond substituents is 1. The van der Waals surface area contributed by atoms with E-state index in [0.29, 0.717) is 35.5 Å². The van der Waals surface area contributed by atoms with Gasteiger partial charge in [-0.05, 0) is 72.8 Å². The summed E-state index contributed by atoms with van der Waals surface area (Å²) >= 11 is 0. The Balaban J connectivity index is 1.60. The Morgan fingerprint density at radius 3 is 2.53 bits per heavy atom. The molecule has 0 bridgehead atoms. The Morgan fingerprint density at radius 2 is 1.83 bits per heavy atom. The Labute approximate surface area is 211 Å². The second kappa shape index (κ2) is 11.1. The predicted molar refractivity (Wildman–Crippen MR) is 146 cm³/mol. The number of ether oxygens (including phenoxy) is 1. The number of nitrogens with two attached hydrogens (primary N) is 1. The summed E-state index contributed by atoms with van der Waals surface area (Å²) in [5.74, 6) is 5.61. The van der Waals surface area contributed by atoms with Crippen LogP contribution >= 0.6 is 0 Å². The molecule has 0 radical (unpaired) electrons. The molecule has 186 valence electrons. The quantitative estimate of drug-likeness (QED) is 0.233. The number of nitrogens with zero attached hydrogens (tertiary/aromatic N) is 2. The molecule has 1 unspecified atom stereocenters. The minimum absolute atomic E-state index is 0.240. The molecule has 36 heavy (non-hydrogen) atoms. The van der Waals surface area contributed by atoms with E-state index in [9.17, 15) is 9.32 Å². The summed E-state index contributed by atoms with van der Waals surface area (Å²) in [5.41, 5.74) is 3.52. The standard InChI is InChI=1S/C27H29N5O3S/c1-3-35-23-13-9-20(10-14-23)25-18-30-27(31-21-5-4-6-24(17-21)36(2,28)34)32-26(25)29-16-15-19-7-11-22(33)12-8-19/h4-14,17-18,33H,2-3,15-16H2,1H3,(H2,28,34)(H2,29,30,31,32). The first-order valence-electron chi connectivity index (χ1n) is 11.5. The molecule has 0 aliphatic carbocycles. The van der Waals surface area contributed by atoms with E-state index in [1.54, 1.807) is 36.5 Å². The van der Waals surface area contributed by atoms with Crippen molar-refractivity contribution in [3.05, 3.63) is 84.6 Å². The number of nitrogens with one attached hydrogen (secondary N) is 2. The van der Waals surface area contributed by atoms with Crippen molar-refractivity contribution < 1.29 is 14.1 Å². The van der Waals surface area contributed by atoms with Crippen LogP contribution in [0.25, 0.3) is 11.1 Å². The molecular formula is C27H29N5O3S. The summed E-state index contributed by atoms with van der Waals surface area (Å²) in [6, 6.07) is 21.8. The topological polar surface area (TPSA) is 122 Å². The number of aromatic hydroxyl groups is 1. The predicted octanol–water partition coefficient (Wildman–Crippen LogP) is 4.60. The van der Waals surface area contributed by atoms with E-state index >= 15 is 0 Å². The first-order valence-corrected chi connectivity index (χ1v) is 13.2. The fourth-order valence-corrected chi connectivity index (χ4v) is 4.23. The number of phenols is 1. The van der Waals surface area contributed by atoms with Crippen molar-refractivity contribution >= 4 is 33.0 Å².